The van der Waals surface area contributed by atoms with Gasteiger partial charge in [0.1, 0.15) is 6.54 Å². The molecule has 0 aromatic heterocycles. The summed E-state index contributed by atoms with van der Waals surface area (Å²) in [6, 6.07) is 0. The van der Waals surface area contributed by atoms with Gasteiger partial charge < -0.3 is 10.6 Å². The van der Waals surface area contributed by atoms with Crippen molar-refractivity contribution in [2.45, 2.75) is 33.4 Å². The second kappa shape index (κ2) is 6.83. The Balaban J connectivity index is 4.72. The summed E-state index contributed by atoms with van der Waals surface area (Å²) in [5.41, 5.74) is 5.39. The summed E-state index contributed by atoms with van der Waals surface area (Å²) < 4.78 is 37.1. The molecule has 0 heterocycles. The van der Waals surface area contributed by atoms with Crippen molar-refractivity contribution in [1.29, 1.82) is 0 Å². The number of halogens is 3. The highest BCUT2D eigenvalue weighted by Crippen LogP contribution is 2.19. The molecule has 1 atom stereocenters. The summed E-state index contributed by atoms with van der Waals surface area (Å²) >= 11 is 0. The van der Waals surface area contributed by atoms with Gasteiger partial charge in [-0.25, -0.2) is 0 Å². The molecule has 0 saturated heterocycles. The van der Waals surface area contributed by atoms with Gasteiger partial charge in [0, 0.05) is 13.1 Å². The number of nitrogens with two attached hydrogens (primary N) is 1. The summed E-state index contributed by atoms with van der Waals surface area (Å²) in [7, 11) is 0. The molecule has 3 nitrogen and oxygen atoms in total. The van der Waals surface area contributed by atoms with E-state index in [-0.39, 0.29) is 19.0 Å². The maximum Gasteiger partial charge on any atom is 0.406 e. The lowest BCUT2D eigenvalue weighted by Crippen LogP contribution is -2.45. The molecular formula is C11H21F3N2O. The molecule has 2 N–H and O–H groups in total. The average molecular weight is 254 g/mol. The number of hydrogen-bond donors (Lipinski definition) is 1. The summed E-state index contributed by atoms with van der Waals surface area (Å²) in [4.78, 5) is 12.7. The van der Waals surface area contributed by atoms with Gasteiger partial charge in [-0.05, 0) is 12.3 Å². The van der Waals surface area contributed by atoms with Crippen molar-refractivity contribution < 1.29 is 18.0 Å². The van der Waals surface area contributed by atoms with Gasteiger partial charge in [0.25, 0.3) is 0 Å². The van der Waals surface area contributed by atoms with Gasteiger partial charge in [0.2, 0.25) is 5.91 Å². The Bertz CT molecular complexity index is 237. The number of amides is 1. The number of carbonyl (C=O) groups is 1. The van der Waals surface area contributed by atoms with Crippen molar-refractivity contribution in [3.8, 4) is 0 Å². The van der Waals surface area contributed by atoms with Gasteiger partial charge in [-0.2, -0.15) is 13.2 Å². The van der Waals surface area contributed by atoms with E-state index in [9.17, 15) is 18.0 Å². The fourth-order valence-corrected chi connectivity index (χ4v) is 1.59. The number of alkyl halides is 3. The molecule has 1 amide bonds. The first-order valence-corrected chi connectivity index (χ1v) is 5.76. The molecule has 0 aliphatic carbocycles. The molecular weight excluding hydrogens is 233 g/mol. The lowest BCUT2D eigenvalue weighted by Gasteiger charge is -2.28. The smallest absolute Gasteiger partial charge is 0.333 e. The second-order valence-electron chi connectivity index (χ2n) is 4.57. The third kappa shape index (κ3) is 6.51. The van der Waals surface area contributed by atoms with Crippen LogP contribution in [0.15, 0.2) is 0 Å². The molecule has 0 aromatic rings. The molecule has 0 bridgehead atoms. The fraction of sp³-hybridized carbons (Fsp3) is 0.909. The summed E-state index contributed by atoms with van der Waals surface area (Å²) in [5, 5.41) is 0. The summed E-state index contributed by atoms with van der Waals surface area (Å²) in [5.74, 6) is -1.02. The number of rotatable bonds is 6. The van der Waals surface area contributed by atoms with E-state index in [1.807, 2.05) is 0 Å². The van der Waals surface area contributed by atoms with Crippen LogP contribution in [0.5, 0.6) is 0 Å². The molecule has 0 radical (unpaired) electrons. The highest BCUT2D eigenvalue weighted by Gasteiger charge is 2.34. The second-order valence-corrected chi connectivity index (χ2v) is 4.57. The van der Waals surface area contributed by atoms with Crippen LogP contribution in [-0.4, -0.2) is 36.6 Å². The standard InChI is InChI=1S/C11H21F3N2O/c1-4-9(5-15)10(17)16(6-8(2)3)7-11(12,13)14/h8-9H,4-7,15H2,1-3H3. The normalized spacial score (nSPS) is 13.9. The minimum Gasteiger partial charge on any atom is -0.333 e. The first kappa shape index (κ1) is 16.2. The predicted octanol–water partition coefficient (Wildman–Crippen LogP) is 2.02. The van der Waals surface area contributed by atoms with E-state index in [4.69, 9.17) is 5.73 Å². The minimum absolute atomic E-state index is 0.00317. The Morgan fingerprint density at radius 1 is 1.35 bits per heavy atom. The molecule has 0 fully saturated rings. The van der Waals surface area contributed by atoms with E-state index in [1.165, 1.54) is 0 Å². The number of hydrogen-bond acceptors (Lipinski definition) is 2. The molecule has 102 valence electrons. The van der Waals surface area contributed by atoms with Gasteiger partial charge in [-0.3, -0.25) is 4.79 Å². The zero-order chi connectivity index (χ0) is 13.6. The largest absolute Gasteiger partial charge is 0.406 e. The van der Waals surface area contributed by atoms with Crippen molar-refractivity contribution in [1.82, 2.24) is 4.90 Å². The number of nitrogens with zero attached hydrogens (tertiary/aromatic N) is 1. The molecule has 1 unspecified atom stereocenters. The summed E-state index contributed by atoms with van der Waals surface area (Å²) in [6.07, 6.45) is -3.90. The zero-order valence-electron chi connectivity index (χ0n) is 10.5. The monoisotopic (exact) mass is 254 g/mol. The van der Waals surface area contributed by atoms with Crippen LogP contribution in [0.2, 0.25) is 0 Å². The zero-order valence-corrected chi connectivity index (χ0v) is 10.5. The minimum atomic E-state index is -4.36. The topological polar surface area (TPSA) is 46.3 Å². The Hall–Kier alpha value is -0.780. The van der Waals surface area contributed by atoms with Crippen LogP contribution in [0.3, 0.4) is 0 Å². The van der Waals surface area contributed by atoms with Crippen LogP contribution in [0, 0.1) is 11.8 Å². The van der Waals surface area contributed by atoms with E-state index in [0.29, 0.717) is 6.42 Å². The highest BCUT2D eigenvalue weighted by molar-refractivity contribution is 5.79. The molecule has 6 heteroatoms. The maximum atomic E-state index is 12.4. The molecule has 0 rings (SSSR count). The van der Waals surface area contributed by atoms with Gasteiger partial charge in [-0.15, -0.1) is 0 Å². The van der Waals surface area contributed by atoms with Crippen molar-refractivity contribution >= 4 is 5.91 Å². The number of carbonyl (C=O) groups excluding carboxylic acids is 1. The van der Waals surface area contributed by atoms with Crippen molar-refractivity contribution in [3.05, 3.63) is 0 Å². The predicted molar refractivity (Wildman–Crippen MR) is 60.3 cm³/mol. The molecule has 0 aliphatic heterocycles. The highest BCUT2D eigenvalue weighted by atomic mass is 19.4. The van der Waals surface area contributed by atoms with Crippen LogP contribution < -0.4 is 5.73 Å². The third-order valence-electron chi connectivity index (χ3n) is 2.39. The fourth-order valence-electron chi connectivity index (χ4n) is 1.59. The van der Waals surface area contributed by atoms with E-state index in [2.05, 4.69) is 0 Å². The summed E-state index contributed by atoms with van der Waals surface area (Å²) in [6.45, 7) is 4.30. The van der Waals surface area contributed by atoms with Crippen molar-refractivity contribution in [3.63, 3.8) is 0 Å². The lowest BCUT2D eigenvalue weighted by atomic mass is 10.0. The molecule has 17 heavy (non-hydrogen) atoms. The van der Waals surface area contributed by atoms with Gasteiger partial charge in [-0.1, -0.05) is 20.8 Å². The van der Waals surface area contributed by atoms with Gasteiger partial charge >= 0.3 is 6.18 Å². The average Bonchev–Trinajstić information content (AvgIpc) is 2.15. The lowest BCUT2D eigenvalue weighted by molar-refractivity contribution is -0.164. The quantitative estimate of drug-likeness (QED) is 0.788. The van der Waals surface area contributed by atoms with Crippen LogP contribution >= 0.6 is 0 Å². The van der Waals surface area contributed by atoms with E-state index >= 15 is 0 Å². The van der Waals surface area contributed by atoms with Gasteiger partial charge in [0.05, 0.1) is 5.92 Å². The molecule has 0 aromatic carbocycles. The molecule has 0 saturated carbocycles. The van der Waals surface area contributed by atoms with Crippen LogP contribution in [0.25, 0.3) is 0 Å². The molecule has 0 aliphatic rings. The Morgan fingerprint density at radius 2 is 1.88 bits per heavy atom. The first-order valence-electron chi connectivity index (χ1n) is 5.76. The Kier molecular flexibility index (Phi) is 6.52. The Morgan fingerprint density at radius 3 is 2.18 bits per heavy atom. The van der Waals surface area contributed by atoms with Crippen molar-refractivity contribution in [2.75, 3.05) is 19.6 Å². The first-order chi connectivity index (χ1) is 7.71. The van der Waals surface area contributed by atoms with E-state index < -0.39 is 24.5 Å². The van der Waals surface area contributed by atoms with Gasteiger partial charge in [0.15, 0.2) is 0 Å². The SMILES string of the molecule is CCC(CN)C(=O)N(CC(C)C)CC(F)(F)F. The molecule has 0 spiro atoms. The van der Waals surface area contributed by atoms with E-state index in [0.717, 1.165) is 4.90 Å². The van der Waals surface area contributed by atoms with Crippen molar-refractivity contribution in [2.24, 2.45) is 17.6 Å². The van der Waals surface area contributed by atoms with Crippen LogP contribution in [0.4, 0.5) is 13.2 Å². The maximum absolute atomic E-state index is 12.4. The third-order valence-corrected chi connectivity index (χ3v) is 2.39. The van der Waals surface area contributed by atoms with E-state index in [1.54, 1.807) is 20.8 Å². The van der Waals surface area contributed by atoms with Crippen LogP contribution in [-0.2, 0) is 4.79 Å². The Labute approximate surface area is 100 Å². The van der Waals surface area contributed by atoms with Crippen LogP contribution in [0.1, 0.15) is 27.2 Å².